The summed E-state index contributed by atoms with van der Waals surface area (Å²) < 4.78 is 24.2. The number of rotatable bonds is 3. The molecule has 1 aliphatic heterocycles. The standard InChI is InChI=1S/C14H20N2O3S/c1-12-4-3-5-13(10-12)11-14(17)15-6-8-16(9-7-15)20(2,18)19/h3-5,10H,6-9,11H2,1-2H3. The van der Waals surface area contributed by atoms with Crippen LogP contribution in [0.25, 0.3) is 0 Å². The second-order valence-electron chi connectivity index (χ2n) is 5.21. The lowest BCUT2D eigenvalue weighted by Crippen LogP contribution is -2.50. The molecule has 1 aromatic rings. The van der Waals surface area contributed by atoms with Crippen molar-refractivity contribution < 1.29 is 13.2 Å². The van der Waals surface area contributed by atoms with Crippen molar-refractivity contribution in [1.29, 1.82) is 0 Å². The van der Waals surface area contributed by atoms with E-state index in [0.717, 1.165) is 11.1 Å². The van der Waals surface area contributed by atoms with Crippen molar-refractivity contribution in [1.82, 2.24) is 9.21 Å². The average Bonchev–Trinajstić information content (AvgIpc) is 2.38. The van der Waals surface area contributed by atoms with Gasteiger partial charge in [-0.05, 0) is 12.5 Å². The highest BCUT2D eigenvalue weighted by Gasteiger charge is 2.25. The number of carbonyl (C=O) groups is 1. The minimum Gasteiger partial charge on any atom is -0.340 e. The van der Waals surface area contributed by atoms with Crippen LogP contribution in [0.1, 0.15) is 11.1 Å². The maximum Gasteiger partial charge on any atom is 0.227 e. The quantitative estimate of drug-likeness (QED) is 0.822. The topological polar surface area (TPSA) is 57.7 Å². The molecule has 1 aromatic carbocycles. The van der Waals surface area contributed by atoms with Crippen LogP contribution in [0.5, 0.6) is 0 Å². The number of amides is 1. The van der Waals surface area contributed by atoms with E-state index in [4.69, 9.17) is 0 Å². The van der Waals surface area contributed by atoms with E-state index in [9.17, 15) is 13.2 Å². The maximum atomic E-state index is 12.2. The van der Waals surface area contributed by atoms with Gasteiger partial charge in [0.05, 0.1) is 12.7 Å². The molecular weight excluding hydrogens is 276 g/mol. The van der Waals surface area contributed by atoms with Crippen LogP contribution >= 0.6 is 0 Å². The maximum absolute atomic E-state index is 12.2. The minimum atomic E-state index is -3.14. The second-order valence-corrected chi connectivity index (χ2v) is 7.19. The number of piperazine rings is 1. The van der Waals surface area contributed by atoms with Crippen LogP contribution in [0.2, 0.25) is 0 Å². The highest BCUT2D eigenvalue weighted by Crippen LogP contribution is 2.10. The first-order valence-electron chi connectivity index (χ1n) is 6.65. The molecule has 1 aliphatic rings. The Bertz CT molecular complexity index is 590. The Hall–Kier alpha value is -1.40. The van der Waals surface area contributed by atoms with E-state index in [1.807, 2.05) is 31.2 Å². The molecule has 0 atom stereocenters. The highest BCUT2D eigenvalue weighted by atomic mass is 32.2. The SMILES string of the molecule is Cc1cccc(CC(=O)N2CCN(S(C)(=O)=O)CC2)c1. The minimum absolute atomic E-state index is 0.0590. The molecule has 1 heterocycles. The van der Waals surface area contributed by atoms with Crippen molar-refractivity contribution >= 4 is 15.9 Å². The van der Waals surface area contributed by atoms with E-state index < -0.39 is 10.0 Å². The number of hydrogen-bond acceptors (Lipinski definition) is 3. The third kappa shape index (κ3) is 3.80. The Labute approximate surface area is 120 Å². The smallest absolute Gasteiger partial charge is 0.227 e. The first-order chi connectivity index (χ1) is 9.36. The van der Waals surface area contributed by atoms with Gasteiger partial charge in [-0.3, -0.25) is 4.79 Å². The third-order valence-electron chi connectivity index (χ3n) is 3.50. The predicted octanol–water partition coefficient (Wildman–Crippen LogP) is 0.641. The number of carbonyl (C=O) groups excluding carboxylic acids is 1. The van der Waals surface area contributed by atoms with Crippen molar-refractivity contribution in [2.45, 2.75) is 13.3 Å². The van der Waals surface area contributed by atoms with Crippen LogP contribution < -0.4 is 0 Å². The largest absolute Gasteiger partial charge is 0.340 e. The Kier molecular flexibility index (Phi) is 4.45. The normalized spacial score (nSPS) is 17.2. The molecule has 0 radical (unpaired) electrons. The van der Waals surface area contributed by atoms with E-state index in [2.05, 4.69) is 0 Å². The first-order valence-corrected chi connectivity index (χ1v) is 8.49. The predicted molar refractivity (Wildman–Crippen MR) is 77.9 cm³/mol. The van der Waals surface area contributed by atoms with Gasteiger partial charge in [0.1, 0.15) is 0 Å². The lowest BCUT2D eigenvalue weighted by molar-refractivity contribution is -0.131. The first kappa shape index (κ1) is 15.0. The Balaban J connectivity index is 1.92. The molecule has 0 bridgehead atoms. The van der Waals surface area contributed by atoms with E-state index in [1.54, 1.807) is 4.90 Å². The molecule has 2 rings (SSSR count). The van der Waals surface area contributed by atoms with E-state index in [-0.39, 0.29) is 5.91 Å². The van der Waals surface area contributed by atoms with Crippen LogP contribution in [-0.2, 0) is 21.2 Å². The van der Waals surface area contributed by atoms with Gasteiger partial charge in [0.25, 0.3) is 0 Å². The molecule has 0 N–H and O–H groups in total. The van der Waals surface area contributed by atoms with Gasteiger partial charge in [-0.25, -0.2) is 8.42 Å². The van der Waals surface area contributed by atoms with Gasteiger partial charge in [-0.1, -0.05) is 29.8 Å². The van der Waals surface area contributed by atoms with Crippen molar-refractivity contribution in [3.8, 4) is 0 Å². The second kappa shape index (κ2) is 5.93. The number of aryl methyl sites for hydroxylation is 1. The molecule has 20 heavy (non-hydrogen) atoms. The van der Waals surface area contributed by atoms with Gasteiger partial charge in [0.2, 0.25) is 15.9 Å². The lowest BCUT2D eigenvalue weighted by Gasteiger charge is -2.33. The fraction of sp³-hybridized carbons (Fsp3) is 0.500. The Morgan fingerprint density at radius 1 is 1.20 bits per heavy atom. The molecule has 0 aromatic heterocycles. The van der Waals surface area contributed by atoms with Crippen LogP contribution in [0.3, 0.4) is 0 Å². The van der Waals surface area contributed by atoms with Crippen LogP contribution in [0.15, 0.2) is 24.3 Å². The third-order valence-corrected chi connectivity index (χ3v) is 4.80. The molecule has 1 saturated heterocycles. The zero-order chi connectivity index (χ0) is 14.8. The summed E-state index contributed by atoms with van der Waals surface area (Å²) in [6.45, 7) is 3.71. The Morgan fingerprint density at radius 2 is 1.85 bits per heavy atom. The summed E-state index contributed by atoms with van der Waals surface area (Å²) in [5, 5.41) is 0. The number of nitrogens with zero attached hydrogens (tertiary/aromatic N) is 2. The zero-order valence-corrected chi connectivity index (χ0v) is 12.7. The molecule has 0 spiro atoms. The van der Waals surface area contributed by atoms with Crippen molar-refractivity contribution in [3.05, 3.63) is 35.4 Å². The molecule has 0 saturated carbocycles. The van der Waals surface area contributed by atoms with Crippen molar-refractivity contribution in [3.63, 3.8) is 0 Å². The number of hydrogen-bond donors (Lipinski definition) is 0. The number of benzene rings is 1. The van der Waals surface area contributed by atoms with Gasteiger partial charge in [0, 0.05) is 26.2 Å². The van der Waals surface area contributed by atoms with Gasteiger partial charge in [-0.15, -0.1) is 0 Å². The molecule has 110 valence electrons. The summed E-state index contributed by atoms with van der Waals surface area (Å²) in [5.41, 5.74) is 2.14. The monoisotopic (exact) mass is 296 g/mol. The van der Waals surface area contributed by atoms with Gasteiger partial charge >= 0.3 is 0 Å². The molecular formula is C14H20N2O3S. The summed E-state index contributed by atoms with van der Waals surface area (Å²) in [4.78, 5) is 13.9. The van der Waals surface area contributed by atoms with Crippen molar-refractivity contribution in [2.24, 2.45) is 0 Å². The summed E-state index contributed by atoms with van der Waals surface area (Å²) in [6.07, 6.45) is 1.58. The van der Waals surface area contributed by atoms with Crippen LogP contribution in [-0.4, -0.2) is 56.0 Å². The Morgan fingerprint density at radius 3 is 2.40 bits per heavy atom. The summed E-state index contributed by atoms with van der Waals surface area (Å²) in [6, 6.07) is 7.89. The van der Waals surface area contributed by atoms with E-state index in [1.165, 1.54) is 10.6 Å². The summed E-state index contributed by atoms with van der Waals surface area (Å²) in [7, 11) is -3.14. The molecule has 5 nitrogen and oxygen atoms in total. The van der Waals surface area contributed by atoms with Gasteiger partial charge in [0.15, 0.2) is 0 Å². The van der Waals surface area contributed by atoms with Crippen molar-refractivity contribution in [2.75, 3.05) is 32.4 Å². The lowest BCUT2D eigenvalue weighted by atomic mass is 10.1. The molecule has 0 unspecified atom stereocenters. The fourth-order valence-electron chi connectivity index (χ4n) is 2.38. The van der Waals surface area contributed by atoms with Gasteiger partial charge in [-0.2, -0.15) is 4.31 Å². The average molecular weight is 296 g/mol. The molecule has 1 amide bonds. The number of sulfonamides is 1. The fourth-order valence-corrected chi connectivity index (χ4v) is 3.20. The highest BCUT2D eigenvalue weighted by molar-refractivity contribution is 7.88. The van der Waals surface area contributed by atoms with Crippen LogP contribution in [0, 0.1) is 6.92 Å². The zero-order valence-electron chi connectivity index (χ0n) is 11.9. The van der Waals surface area contributed by atoms with Crippen LogP contribution in [0.4, 0.5) is 0 Å². The summed E-state index contributed by atoms with van der Waals surface area (Å²) in [5.74, 6) is 0.0590. The van der Waals surface area contributed by atoms with Gasteiger partial charge < -0.3 is 4.90 Å². The molecule has 6 heteroatoms. The van der Waals surface area contributed by atoms with E-state index in [0.29, 0.717) is 32.6 Å². The molecule has 0 aliphatic carbocycles. The molecule has 1 fully saturated rings. The summed E-state index contributed by atoms with van der Waals surface area (Å²) >= 11 is 0. The van der Waals surface area contributed by atoms with E-state index >= 15 is 0 Å².